The molecule has 0 unspecified atom stereocenters. The van der Waals surface area contributed by atoms with Gasteiger partial charge in [-0.3, -0.25) is 0 Å². The van der Waals surface area contributed by atoms with Gasteiger partial charge < -0.3 is 49.8 Å². The van der Waals surface area contributed by atoms with Crippen molar-refractivity contribution >= 4 is 52.6 Å². The largest absolute Gasteiger partial charge is 1.00 e. The minimum Gasteiger partial charge on any atom is -1.00 e. The Hall–Kier alpha value is -1.87. The summed E-state index contributed by atoms with van der Waals surface area (Å²) in [5.41, 5.74) is 13.7. The van der Waals surface area contributed by atoms with Crippen LogP contribution in [0.1, 0.15) is 89.5 Å². The van der Waals surface area contributed by atoms with E-state index in [1.54, 1.807) is 0 Å². The number of nitrogens with zero attached hydrogens (tertiary/aromatic N) is 1. The maximum atomic E-state index is 7.11. The van der Waals surface area contributed by atoms with E-state index in [4.69, 9.17) is 33.2 Å². The van der Waals surface area contributed by atoms with Crippen molar-refractivity contribution in [3.63, 3.8) is 0 Å². The molecule has 0 amide bonds. The van der Waals surface area contributed by atoms with Crippen molar-refractivity contribution in [2.75, 3.05) is 0 Å². The molecule has 2 saturated heterocycles. The summed E-state index contributed by atoms with van der Waals surface area (Å²) in [5.74, 6) is 2.66. The quantitative estimate of drug-likeness (QED) is 0.171. The van der Waals surface area contributed by atoms with Crippen LogP contribution in [0.25, 0.3) is 21.9 Å². The average molecular weight is 886 g/mol. The lowest BCUT2D eigenvalue weighted by molar-refractivity contribution is -0.199. The van der Waals surface area contributed by atoms with E-state index in [9.17, 15) is 0 Å². The first-order chi connectivity index (χ1) is 27.9. The Bertz CT molecular complexity index is 2260. The number of aryl methyl sites for hydroxylation is 2. The van der Waals surface area contributed by atoms with Crippen LogP contribution in [0, 0.1) is 48.3 Å². The van der Waals surface area contributed by atoms with Crippen molar-refractivity contribution in [2.24, 2.45) is 40.2 Å². The zero-order chi connectivity index (χ0) is 43.1. The van der Waals surface area contributed by atoms with Crippen molar-refractivity contribution in [3.05, 3.63) is 71.2 Å². The maximum Gasteiger partial charge on any atom is 0.475 e. The molecule has 0 radical (unpaired) electrons. The Labute approximate surface area is 375 Å². The van der Waals surface area contributed by atoms with Gasteiger partial charge in [-0.1, -0.05) is 91.2 Å². The van der Waals surface area contributed by atoms with Gasteiger partial charge in [0.15, 0.2) is 0 Å². The van der Waals surface area contributed by atoms with Gasteiger partial charge in [-0.25, -0.2) is 0 Å². The second-order valence-electron chi connectivity index (χ2n) is 23.4. The molecule has 61 heavy (non-hydrogen) atoms. The highest BCUT2D eigenvalue weighted by Crippen LogP contribution is 2.67. The van der Waals surface area contributed by atoms with Crippen LogP contribution in [0.3, 0.4) is 0 Å². The minimum atomic E-state index is -1.67. The molecule has 2 aliphatic heterocycles. The summed E-state index contributed by atoms with van der Waals surface area (Å²) in [5, 5.41) is 2.44. The second kappa shape index (κ2) is 15.4. The molecule has 4 aromatic rings. The number of benzene rings is 2. The van der Waals surface area contributed by atoms with Crippen LogP contribution in [0.15, 0.2) is 57.8 Å². The summed E-state index contributed by atoms with van der Waals surface area (Å²) >= 11 is 0. The molecular weight excluding hydrogens is 814 g/mol. The van der Waals surface area contributed by atoms with E-state index in [0.717, 1.165) is 47.8 Å². The predicted molar refractivity (Wildman–Crippen MR) is 250 cm³/mol. The lowest BCUT2D eigenvalue weighted by Gasteiger charge is -2.64. The minimum absolute atomic E-state index is 0. The monoisotopic (exact) mass is 885 g/mol. The number of hydrogen-bond donors (Lipinski definition) is 1. The molecule has 4 heterocycles. The highest BCUT2D eigenvalue weighted by Gasteiger charge is 2.70. The van der Waals surface area contributed by atoms with E-state index in [2.05, 4.69) is 123 Å². The fourth-order valence-corrected chi connectivity index (χ4v) is 24.5. The zero-order valence-electron chi connectivity index (χ0n) is 39.5. The van der Waals surface area contributed by atoms with Gasteiger partial charge in [-0.15, -0.1) is 0 Å². The molecule has 6 aliphatic carbocycles. The normalized spacial score (nSPS) is 33.0. The summed E-state index contributed by atoms with van der Waals surface area (Å²) in [7, 11) is -3.88. The number of furan rings is 2. The number of fused-ring (bicyclic) bond motifs is 2. The van der Waals surface area contributed by atoms with E-state index in [0.29, 0.717) is 29.1 Å². The molecule has 2 N–H and O–H groups in total. The van der Waals surface area contributed by atoms with Gasteiger partial charge in [0.1, 0.15) is 27.6 Å². The van der Waals surface area contributed by atoms with Crippen LogP contribution in [-0.2, 0) is 31.5 Å². The molecule has 2 aromatic carbocycles. The van der Waals surface area contributed by atoms with Gasteiger partial charge in [0.05, 0.1) is 35.9 Å². The number of halogens is 1. The summed E-state index contributed by atoms with van der Waals surface area (Å²) in [6, 6.07) is 12.5. The Morgan fingerprint density at radius 2 is 1.08 bits per heavy atom. The van der Waals surface area contributed by atoms with Gasteiger partial charge in [0.2, 0.25) is 0 Å². The SMILES string of the molecule is Cc1cccc2occ(C[C@@H](B3O[C@@H]4C[C@@H]5C[C@@H](C5(C)C)[C@]4(C)O3)N([Si](C)(C)C)[Si](C)(C)C)c12.Cc1cccc2occ(C[C@H](N)B3O[C@@H]4C[C@@H]5C[C@@H](C5(C)C)[C@]4(C)O3)c12.[Cl-]. The molecular formula is C48H72B2ClN2O6Si2-. The van der Waals surface area contributed by atoms with Crippen molar-refractivity contribution in [1.82, 2.24) is 4.23 Å². The highest BCUT2D eigenvalue weighted by atomic mass is 35.5. The molecule has 13 heteroatoms. The molecule has 8 nitrogen and oxygen atoms in total. The summed E-state index contributed by atoms with van der Waals surface area (Å²) in [6.45, 7) is 33.5. The second-order valence-corrected chi connectivity index (χ2v) is 33.5. The Morgan fingerprint density at radius 3 is 1.52 bits per heavy atom. The molecule has 6 saturated carbocycles. The maximum absolute atomic E-state index is 7.11. The van der Waals surface area contributed by atoms with Crippen LogP contribution in [0.5, 0.6) is 0 Å². The zero-order valence-corrected chi connectivity index (χ0v) is 42.2. The van der Waals surface area contributed by atoms with Gasteiger partial charge in [0, 0.05) is 22.7 Å². The first-order valence-electron chi connectivity index (χ1n) is 23.1. The standard InChI is InChI=1S/C27H44BNO3Si2.C21H28BNO3.ClH/c1-18-12-11-13-21-25(18)19(17-30-21)14-24(29(33(5,6)7)34(8,9)10)28-31-23-16-20-15-22(26(20,2)3)27(23,4)32-28;1-12-6-5-7-15-19(12)13(11-24-15)8-18(23)22-25-17-10-14-9-16(20(14,2)3)21(17,4)26-22;/h11-13,17,20,22-24H,14-16H2,1-10H3;5-7,11,14,16-18H,8-10,23H2,1-4H3;1H/p-1/t20-,22-,23+,24-,27-;14-,16-,17+,18-,21-;/m00./s1. The summed E-state index contributed by atoms with van der Waals surface area (Å²) in [6.07, 6.45) is 10.6. The molecule has 12 rings (SSSR count). The Balaban J connectivity index is 0.000000171. The highest BCUT2D eigenvalue weighted by molar-refractivity contribution is 6.90. The van der Waals surface area contributed by atoms with Gasteiger partial charge in [-0.2, -0.15) is 0 Å². The fourth-order valence-electron chi connectivity index (χ4n) is 14.0. The number of rotatable bonds is 9. The van der Waals surface area contributed by atoms with E-state index in [1.807, 2.05) is 24.7 Å². The summed E-state index contributed by atoms with van der Waals surface area (Å²) < 4.78 is 41.6. The van der Waals surface area contributed by atoms with Crippen molar-refractivity contribution in [1.29, 1.82) is 0 Å². The van der Waals surface area contributed by atoms with Gasteiger partial charge in [-0.05, 0) is 135 Å². The number of nitrogens with two attached hydrogens (primary N) is 1. The lowest BCUT2D eigenvalue weighted by atomic mass is 9.43. The van der Waals surface area contributed by atoms with E-state index < -0.39 is 16.5 Å². The Kier molecular flexibility index (Phi) is 11.5. The van der Waals surface area contributed by atoms with Crippen LogP contribution >= 0.6 is 0 Å². The molecule has 332 valence electrons. The van der Waals surface area contributed by atoms with Crippen LogP contribution in [0.4, 0.5) is 0 Å². The third kappa shape index (κ3) is 7.33. The van der Waals surface area contributed by atoms with Crippen LogP contribution in [-0.4, -0.2) is 70.2 Å². The van der Waals surface area contributed by atoms with Crippen molar-refractivity contribution in [3.8, 4) is 0 Å². The van der Waals surface area contributed by atoms with Crippen molar-refractivity contribution < 1.29 is 39.9 Å². The smallest absolute Gasteiger partial charge is 0.475 e. The van der Waals surface area contributed by atoms with Gasteiger partial charge in [0.25, 0.3) is 0 Å². The van der Waals surface area contributed by atoms with Crippen molar-refractivity contribution in [2.45, 2.75) is 168 Å². The first-order valence-corrected chi connectivity index (χ1v) is 30.0. The topological polar surface area (TPSA) is 92.5 Å². The summed E-state index contributed by atoms with van der Waals surface area (Å²) in [4.78, 5) is 0. The molecule has 8 aliphatic rings. The molecule has 4 bridgehead atoms. The number of hydrogen-bond acceptors (Lipinski definition) is 8. The van der Waals surface area contributed by atoms with E-state index in [-0.39, 0.29) is 61.9 Å². The average Bonchev–Trinajstić information content (AvgIpc) is 3.93. The third-order valence-electron chi connectivity index (χ3n) is 17.0. The van der Waals surface area contributed by atoms with Crippen LogP contribution in [0.2, 0.25) is 39.3 Å². The van der Waals surface area contributed by atoms with Gasteiger partial charge >= 0.3 is 14.2 Å². The first kappa shape index (κ1) is 45.7. The fraction of sp³-hybridized carbons (Fsp3) is 0.667. The van der Waals surface area contributed by atoms with Crippen LogP contribution < -0.4 is 18.1 Å². The molecule has 8 fully saturated rings. The Morgan fingerprint density at radius 1 is 0.656 bits per heavy atom. The molecule has 10 atom stereocenters. The predicted octanol–water partition coefficient (Wildman–Crippen LogP) is 7.77. The van der Waals surface area contributed by atoms with E-state index >= 15 is 0 Å². The third-order valence-corrected chi connectivity index (χ3v) is 24.6. The lowest BCUT2D eigenvalue weighted by Crippen LogP contribution is -3.00. The molecule has 2 aromatic heterocycles. The molecule has 0 spiro atoms. The van der Waals surface area contributed by atoms with E-state index in [1.165, 1.54) is 40.3 Å².